The summed E-state index contributed by atoms with van der Waals surface area (Å²) in [6.45, 7) is 2.78. The molecule has 30 heavy (non-hydrogen) atoms. The van der Waals surface area contributed by atoms with Gasteiger partial charge in [0.15, 0.2) is 0 Å². The molecule has 0 heterocycles. The Bertz CT molecular complexity index is 775. The number of nitrogens with zero attached hydrogens (tertiary/aromatic N) is 1. The predicted molar refractivity (Wildman–Crippen MR) is 120 cm³/mol. The van der Waals surface area contributed by atoms with E-state index in [4.69, 9.17) is 14.7 Å². The van der Waals surface area contributed by atoms with Crippen LogP contribution in [0.15, 0.2) is 48.5 Å². The summed E-state index contributed by atoms with van der Waals surface area (Å²) >= 11 is 0. The Morgan fingerprint density at radius 2 is 1.20 bits per heavy atom. The molecular weight excluding hydrogens is 374 g/mol. The standard InChI is InChI=1S/C26H33NO3/c1-22(28)29-19-9-7-5-3-2-4-6-8-10-20-30-26-17-15-25(16-18-26)24-13-11-23(21-27)12-14-24/h11-18H,2-10,19-20H2,1H3. The van der Waals surface area contributed by atoms with Crippen molar-refractivity contribution in [3.05, 3.63) is 54.1 Å². The third-order valence-electron chi connectivity index (χ3n) is 5.06. The molecule has 0 N–H and O–H groups in total. The molecule has 0 aliphatic heterocycles. The lowest BCUT2D eigenvalue weighted by Gasteiger charge is -2.08. The SMILES string of the molecule is CC(=O)OCCCCCCCCCCCOc1ccc(-c2ccc(C#N)cc2)cc1. The minimum atomic E-state index is -0.181. The topological polar surface area (TPSA) is 59.3 Å². The monoisotopic (exact) mass is 407 g/mol. The molecule has 0 fully saturated rings. The highest BCUT2D eigenvalue weighted by Crippen LogP contribution is 2.23. The third-order valence-corrected chi connectivity index (χ3v) is 5.06. The Morgan fingerprint density at radius 1 is 0.733 bits per heavy atom. The second-order valence-electron chi connectivity index (χ2n) is 7.58. The zero-order valence-corrected chi connectivity index (χ0v) is 18.1. The summed E-state index contributed by atoms with van der Waals surface area (Å²) in [7, 11) is 0. The summed E-state index contributed by atoms with van der Waals surface area (Å²) in [5.41, 5.74) is 2.90. The lowest BCUT2D eigenvalue weighted by Crippen LogP contribution is -2.00. The molecule has 0 atom stereocenters. The van der Waals surface area contributed by atoms with Gasteiger partial charge in [-0.05, 0) is 48.2 Å². The lowest BCUT2D eigenvalue weighted by atomic mass is 10.0. The molecule has 0 radical (unpaired) electrons. The van der Waals surface area contributed by atoms with Crippen LogP contribution in [0.3, 0.4) is 0 Å². The Hall–Kier alpha value is -2.80. The van der Waals surface area contributed by atoms with Crippen molar-refractivity contribution in [2.24, 2.45) is 0 Å². The summed E-state index contributed by atoms with van der Waals surface area (Å²) in [4.78, 5) is 10.7. The van der Waals surface area contributed by atoms with E-state index in [9.17, 15) is 4.79 Å². The molecule has 2 aromatic rings. The average molecular weight is 408 g/mol. The smallest absolute Gasteiger partial charge is 0.302 e. The predicted octanol–water partition coefficient (Wildman–Crippen LogP) is 6.68. The van der Waals surface area contributed by atoms with Crippen LogP contribution < -0.4 is 4.74 Å². The number of benzene rings is 2. The van der Waals surface area contributed by atoms with E-state index in [0.717, 1.165) is 42.7 Å². The first-order valence-electron chi connectivity index (χ1n) is 11.1. The summed E-state index contributed by atoms with van der Waals surface area (Å²) in [6.07, 6.45) is 10.7. The van der Waals surface area contributed by atoms with E-state index in [1.165, 1.54) is 45.4 Å². The van der Waals surface area contributed by atoms with Crippen LogP contribution in [0.25, 0.3) is 11.1 Å². The van der Waals surface area contributed by atoms with Crippen LogP contribution in [-0.4, -0.2) is 19.2 Å². The van der Waals surface area contributed by atoms with Crippen LogP contribution in [0, 0.1) is 11.3 Å². The number of hydrogen-bond donors (Lipinski definition) is 0. The minimum absolute atomic E-state index is 0.181. The fourth-order valence-corrected chi connectivity index (χ4v) is 3.33. The van der Waals surface area contributed by atoms with E-state index in [2.05, 4.69) is 18.2 Å². The van der Waals surface area contributed by atoms with Crippen LogP contribution in [0.4, 0.5) is 0 Å². The molecule has 2 aromatic carbocycles. The van der Waals surface area contributed by atoms with Crippen molar-refractivity contribution in [1.82, 2.24) is 0 Å². The largest absolute Gasteiger partial charge is 0.494 e. The molecular formula is C26H33NO3. The molecule has 0 aliphatic carbocycles. The van der Waals surface area contributed by atoms with Gasteiger partial charge in [-0.2, -0.15) is 5.26 Å². The van der Waals surface area contributed by atoms with Gasteiger partial charge in [0, 0.05) is 6.92 Å². The molecule has 2 rings (SSSR count). The number of hydrogen-bond acceptors (Lipinski definition) is 4. The van der Waals surface area contributed by atoms with Gasteiger partial charge in [0.25, 0.3) is 0 Å². The molecule has 160 valence electrons. The highest BCUT2D eigenvalue weighted by molar-refractivity contribution is 5.66. The maximum Gasteiger partial charge on any atom is 0.302 e. The molecule has 0 bridgehead atoms. The maximum atomic E-state index is 10.7. The maximum absolute atomic E-state index is 10.7. The fraction of sp³-hybridized carbons (Fsp3) is 0.462. The van der Waals surface area contributed by atoms with Gasteiger partial charge >= 0.3 is 5.97 Å². The van der Waals surface area contributed by atoms with E-state index < -0.39 is 0 Å². The van der Waals surface area contributed by atoms with Crippen molar-refractivity contribution in [3.8, 4) is 22.9 Å². The van der Waals surface area contributed by atoms with E-state index >= 15 is 0 Å². The van der Waals surface area contributed by atoms with Crippen molar-refractivity contribution in [2.45, 2.75) is 64.7 Å². The average Bonchev–Trinajstić information content (AvgIpc) is 2.77. The minimum Gasteiger partial charge on any atom is -0.494 e. The second-order valence-corrected chi connectivity index (χ2v) is 7.58. The molecule has 0 amide bonds. The highest BCUT2D eigenvalue weighted by Gasteiger charge is 2.00. The number of ether oxygens (including phenoxy) is 2. The molecule has 4 nitrogen and oxygen atoms in total. The van der Waals surface area contributed by atoms with Gasteiger partial charge < -0.3 is 9.47 Å². The second kappa shape index (κ2) is 14.2. The first kappa shape index (κ1) is 23.5. The number of nitriles is 1. The van der Waals surface area contributed by atoms with Crippen molar-refractivity contribution in [3.63, 3.8) is 0 Å². The van der Waals surface area contributed by atoms with Crippen LogP contribution in [0.1, 0.15) is 70.3 Å². The number of carbonyl (C=O) groups is 1. The molecule has 0 aliphatic rings. The van der Waals surface area contributed by atoms with Crippen LogP contribution in [0.2, 0.25) is 0 Å². The van der Waals surface area contributed by atoms with Crippen molar-refractivity contribution >= 4 is 5.97 Å². The number of esters is 1. The molecule has 0 spiro atoms. The zero-order chi connectivity index (χ0) is 21.4. The van der Waals surface area contributed by atoms with Gasteiger partial charge in [0.05, 0.1) is 24.8 Å². The summed E-state index contributed by atoms with van der Waals surface area (Å²) in [5.74, 6) is 0.722. The number of unbranched alkanes of at least 4 members (excludes halogenated alkanes) is 8. The van der Waals surface area contributed by atoms with Gasteiger partial charge in [-0.25, -0.2) is 0 Å². The Kier molecular flexibility index (Phi) is 11.1. The van der Waals surface area contributed by atoms with Crippen LogP contribution in [0.5, 0.6) is 5.75 Å². The van der Waals surface area contributed by atoms with Crippen LogP contribution in [-0.2, 0) is 9.53 Å². The van der Waals surface area contributed by atoms with Crippen molar-refractivity contribution in [1.29, 1.82) is 5.26 Å². The quantitative estimate of drug-likeness (QED) is 0.259. The van der Waals surface area contributed by atoms with E-state index in [0.29, 0.717) is 12.2 Å². The van der Waals surface area contributed by atoms with E-state index in [1.807, 2.05) is 36.4 Å². The Morgan fingerprint density at radius 3 is 1.70 bits per heavy atom. The van der Waals surface area contributed by atoms with Crippen molar-refractivity contribution < 1.29 is 14.3 Å². The normalized spacial score (nSPS) is 10.4. The fourth-order valence-electron chi connectivity index (χ4n) is 3.33. The van der Waals surface area contributed by atoms with Crippen molar-refractivity contribution in [2.75, 3.05) is 13.2 Å². The first-order valence-corrected chi connectivity index (χ1v) is 11.1. The van der Waals surface area contributed by atoms with Gasteiger partial charge in [0.1, 0.15) is 5.75 Å². The molecule has 0 aromatic heterocycles. The van der Waals surface area contributed by atoms with Gasteiger partial charge in [-0.3, -0.25) is 4.79 Å². The lowest BCUT2D eigenvalue weighted by molar-refractivity contribution is -0.141. The Balaban J connectivity index is 1.48. The summed E-state index contributed by atoms with van der Waals surface area (Å²) in [6, 6.07) is 17.9. The summed E-state index contributed by atoms with van der Waals surface area (Å²) in [5, 5.41) is 8.88. The zero-order valence-electron chi connectivity index (χ0n) is 18.1. The first-order chi connectivity index (χ1) is 14.7. The Labute approximate surface area is 180 Å². The number of carbonyl (C=O) groups excluding carboxylic acids is 1. The molecule has 0 unspecified atom stereocenters. The van der Waals surface area contributed by atoms with Crippen LogP contribution >= 0.6 is 0 Å². The molecule has 0 saturated heterocycles. The van der Waals surface area contributed by atoms with Gasteiger partial charge in [-0.15, -0.1) is 0 Å². The summed E-state index contributed by atoms with van der Waals surface area (Å²) < 4.78 is 10.8. The molecule has 0 saturated carbocycles. The highest BCUT2D eigenvalue weighted by atomic mass is 16.5. The van der Waals surface area contributed by atoms with Gasteiger partial charge in [0.2, 0.25) is 0 Å². The number of rotatable bonds is 14. The van der Waals surface area contributed by atoms with E-state index in [1.54, 1.807) is 0 Å². The van der Waals surface area contributed by atoms with Gasteiger partial charge in [-0.1, -0.05) is 69.2 Å². The van der Waals surface area contributed by atoms with E-state index in [-0.39, 0.29) is 5.97 Å². The molecule has 4 heteroatoms. The third kappa shape index (κ3) is 9.60.